The van der Waals surface area contributed by atoms with Gasteiger partial charge in [-0.15, -0.1) is 0 Å². The van der Waals surface area contributed by atoms with Crippen LogP contribution < -0.4 is 5.32 Å². The Kier molecular flexibility index (Phi) is 6.52. The van der Waals surface area contributed by atoms with Gasteiger partial charge in [0.25, 0.3) is 0 Å². The fourth-order valence-corrected chi connectivity index (χ4v) is 1.96. The normalized spacial score (nSPS) is 10.2. The summed E-state index contributed by atoms with van der Waals surface area (Å²) in [6.07, 6.45) is 1.88. The molecule has 0 aliphatic carbocycles. The molecule has 0 spiro atoms. The number of hydrogen-bond donors (Lipinski definition) is 1. The average Bonchev–Trinajstić information content (AvgIpc) is 2.38. The van der Waals surface area contributed by atoms with Crippen molar-refractivity contribution in [2.24, 2.45) is 0 Å². The zero-order chi connectivity index (χ0) is 15.1. The summed E-state index contributed by atoms with van der Waals surface area (Å²) < 4.78 is 0. The van der Waals surface area contributed by atoms with Crippen molar-refractivity contribution in [3.05, 3.63) is 28.8 Å². The fourth-order valence-electron chi connectivity index (χ4n) is 1.79. The quantitative estimate of drug-likeness (QED) is 0.876. The van der Waals surface area contributed by atoms with Gasteiger partial charge in [-0.25, -0.2) is 0 Å². The summed E-state index contributed by atoms with van der Waals surface area (Å²) in [7, 11) is 0. The van der Waals surface area contributed by atoms with Gasteiger partial charge in [0, 0.05) is 24.2 Å². The van der Waals surface area contributed by atoms with Crippen LogP contribution in [0.1, 0.15) is 32.3 Å². The highest BCUT2D eigenvalue weighted by Gasteiger charge is 2.13. The Balaban J connectivity index is 2.65. The molecule has 0 heterocycles. The predicted molar refractivity (Wildman–Crippen MR) is 82.0 cm³/mol. The zero-order valence-corrected chi connectivity index (χ0v) is 13.0. The predicted octanol–water partition coefficient (Wildman–Crippen LogP) is 3.24. The van der Waals surface area contributed by atoms with Crippen molar-refractivity contribution in [2.45, 2.75) is 33.6 Å². The van der Waals surface area contributed by atoms with Gasteiger partial charge in [-0.3, -0.25) is 9.59 Å². The molecule has 1 aromatic carbocycles. The average molecular weight is 297 g/mol. The van der Waals surface area contributed by atoms with Gasteiger partial charge in [-0.05, 0) is 31.0 Å². The van der Waals surface area contributed by atoms with Crippen molar-refractivity contribution in [1.82, 2.24) is 4.90 Å². The third-order valence-electron chi connectivity index (χ3n) is 3.04. The first-order chi connectivity index (χ1) is 9.43. The molecule has 0 aliphatic rings. The molecule has 1 rings (SSSR count). The topological polar surface area (TPSA) is 49.4 Å². The van der Waals surface area contributed by atoms with Gasteiger partial charge < -0.3 is 10.2 Å². The SMILES string of the molecule is CCCCN(CC(=O)Nc1cc(Cl)ccc1C)C(C)=O. The van der Waals surface area contributed by atoms with E-state index in [0.29, 0.717) is 17.3 Å². The van der Waals surface area contributed by atoms with Gasteiger partial charge >= 0.3 is 0 Å². The summed E-state index contributed by atoms with van der Waals surface area (Å²) in [6, 6.07) is 5.33. The van der Waals surface area contributed by atoms with Crippen molar-refractivity contribution in [1.29, 1.82) is 0 Å². The number of carbonyl (C=O) groups excluding carboxylic acids is 2. The smallest absolute Gasteiger partial charge is 0.244 e. The molecule has 2 amide bonds. The van der Waals surface area contributed by atoms with Crippen molar-refractivity contribution in [3.63, 3.8) is 0 Å². The Bertz CT molecular complexity index is 489. The van der Waals surface area contributed by atoms with E-state index in [1.54, 1.807) is 17.0 Å². The highest BCUT2D eigenvalue weighted by atomic mass is 35.5. The van der Waals surface area contributed by atoms with Crippen LogP contribution in [0.4, 0.5) is 5.69 Å². The summed E-state index contributed by atoms with van der Waals surface area (Å²) in [4.78, 5) is 25.0. The highest BCUT2D eigenvalue weighted by Crippen LogP contribution is 2.20. The molecule has 0 aliphatic heterocycles. The summed E-state index contributed by atoms with van der Waals surface area (Å²) in [5.74, 6) is -0.293. The molecule has 0 unspecified atom stereocenters. The zero-order valence-electron chi connectivity index (χ0n) is 12.2. The van der Waals surface area contributed by atoms with Crippen LogP contribution in [0.2, 0.25) is 5.02 Å². The first-order valence-corrected chi connectivity index (χ1v) is 7.13. The van der Waals surface area contributed by atoms with Crippen molar-refractivity contribution in [3.8, 4) is 0 Å². The van der Waals surface area contributed by atoms with Gasteiger partial charge in [-0.2, -0.15) is 0 Å². The first kappa shape index (κ1) is 16.5. The molecule has 0 fully saturated rings. The summed E-state index contributed by atoms with van der Waals surface area (Å²) in [6.45, 7) is 6.10. The van der Waals surface area contributed by atoms with Crippen LogP contribution >= 0.6 is 11.6 Å². The van der Waals surface area contributed by atoms with Gasteiger partial charge in [0.1, 0.15) is 0 Å². The van der Waals surface area contributed by atoms with Gasteiger partial charge in [-0.1, -0.05) is 31.0 Å². The van der Waals surface area contributed by atoms with E-state index in [1.807, 2.05) is 19.9 Å². The lowest BCUT2D eigenvalue weighted by atomic mass is 10.2. The van der Waals surface area contributed by atoms with Crippen LogP contribution in [-0.4, -0.2) is 29.8 Å². The van der Waals surface area contributed by atoms with Crippen LogP contribution in [0, 0.1) is 6.92 Å². The fraction of sp³-hybridized carbons (Fsp3) is 0.467. The number of halogens is 1. The number of hydrogen-bond acceptors (Lipinski definition) is 2. The second kappa shape index (κ2) is 7.90. The van der Waals surface area contributed by atoms with E-state index in [9.17, 15) is 9.59 Å². The number of rotatable bonds is 6. The van der Waals surface area contributed by atoms with Crippen LogP contribution in [0.15, 0.2) is 18.2 Å². The monoisotopic (exact) mass is 296 g/mol. The lowest BCUT2D eigenvalue weighted by Crippen LogP contribution is -2.37. The molecule has 0 radical (unpaired) electrons. The molecule has 20 heavy (non-hydrogen) atoms. The number of nitrogens with zero attached hydrogens (tertiary/aromatic N) is 1. The third-order valence-corrected chi connectivity index (χ3v) is 3.27. The number of unbranched alkanes of at least 4 members (excludes halogenated alkanes) is 1. The van der Waals surface area contributed by atoms with E-state index in [-0.39, 0.29) is 18.4 Å². The lowest BCUT2D eigenvalue weighted by Gasteiger charge is -2.20. The molecular formula is C15H21ClN2O2. The van der Waals surface area contributed by atoms with E-state index in [4.69, 9.17) is 11.6 Å². The van der Waals surface area contributed by atoms with Crippen LogP contribution in [0.25, 0.3) is 0 Å². The molecule has 110 valence electrons. The molecular weight excluding hydrogens is 276 g/mol. The summed E-state index contributed by atoms with van der Waals surface area (Å²) >= 11 is 5.91. The van der Waals surface area contributed by atoms with E-state index in [1.165, 1.54) is 6.92 Å². The van der Waals surface area contributed by atoms with Crippen molar-refractivity contribution >= 4 is 29.1 Å². The minimum Gasteiger partial charge on any atom is -0.334 e. The number of carbonyl (C=O) groups is 2. The maximum absolute atomic E-state index is 12.0. The van der Waals surface area contributed by atoms with Gasteiger partial charge in [0.2, 0.25) is 11.8 Å². The molecule has 1 N–H and O–H groups in total. The van der Waals surface area contributed by atoms with Crippen LogP contribution in [0.3, 0.4) is 0 Å². The second-order valence-corrected chi connectivity index (χ2v) is 5.24. The Morgan fingerprint density at radius 2 is 2.05 bits per heavy atom. The second-order valence-electron chi connectivity index (χ2n) is 4.80. The molecule has 0 saturated heterocycles. The van der Waals surface area contributed by atoms with Gasteiger partial charge in [0.05, 0.1) is 6.54 Å². The highest BCUT2D eigenvalue weighted by molar-refractivity contribution is 6.31. The molecule has 5 heteroatoms. The van der Waals surface area contributed by atoms with E-state index in [0.717, 1.165) is 18.4 Å². The standard InChI is InChI=1S/C15H21ClN2O2/c1-4-5-8-18(12(3)19)10-15(20)17-14-9-13(16)7-6-11(14)2/h6-7,9H,4-5,8,10H2,1-3H3,(H,17,20). The molecule has 0 bridgehead atoms. The van der Waals surface area contributed by atoms with E-state index in [2.05, 4.69) is 5.32 Å². The molecule has 0 atom stereocenters. The number of nitrogens with one attached hydrogen (secondary N) is 1. The number of benzene rings is 1. The molecule has 0 saturated carbocycles. The van der Waals surface area contributed by atoms with Crippen LogP contribution in [0.5, 0.6) is 0 Å². The molecule has 4 nitrogen and oxygen atoms in total. The summed E-state index contributed by atoms with van der Waals surface area (Å²) in [5, 5.41) is 3.37. The summed E-state index contributed by atoms with van der Waals surface area (Å²) in [5.41, 5.74) is 1.62. The molecule has 0 aromatic heterocycles. The Hall–Kier alpha value is -1.55. The lowest BCUT2D eigenvalue weighted by molar-refractivity contribution is -0.132. The third kappa shape index (κ3) is 5.21. The first-order valence-electron chi connectivity index (χ1n) is 6.75. The van der Waals surface area contributed by atoms with E-state index < -0.39 is 0 Å². The Morgan fingerprint density at radius 3 is 2.65 bits per heavy atom. The minimum absolute atomic E-state index is 0.0707. The maximum Gasteiger partial charge on any atom is 0.244 e. The van der Waals surface area contributed by atoms with Crippen LogP contribution in [-0.2, 0) is 9.59 Å². The number of aryl methyl sites for hydroxylation is 1. The maximum atomic E-state index is 12.0. The van der Waals surface area contributed by atoms with Gasteiger partial charge in [0.15, 0.2) is 0 Å². The number of anilines is 1. The largest absolute Gasteiger partial charge is 0.334 e. The Labute approximate surface area is 125 Å². The molecule has 1 aromatic rings. The number of amides is 2. The van der Waals surface area contributed by atoms with E-state index >= 15 is 0 Å². The van der Waals surface area contributed by atoms with Crippen molar-refractivity contribution in [2.75, 3.05) is 18.4 Å². The minimum atomic E-state index is -0.207. The van der Waals surface area contributed by atoms with Crippen molar-refractivity contribution < 1.29 is 9.59 Å². The Morgan fingerprint density at radius 1 is 1.35 bits per heavy atom.